The fourth-order valence-corrected chi connectivity index (χ4v) is 1.94. The molecular weight excluding hydrogens is 250 g/mol. The second-order valence-electron chi connectivity index (χ2n) is 3.96. The molecule has 98 valence electrons. The Kier molecular flexibility index (Phi) is 5.71. The van der Waals surface area contributed by atoms with E-state index in [9.17, 15) is 9.59 Å². The summed E-state index contributed by atoms with van der Waals surface area (Å²) in [6.45, 7) is 0.709. The van der Waals surface area contributed by atoms with Gasteiger partial charge in [-0.05, 0) is 42.7 Å². The molecule has 0 radical (unpaired) electrons. The molecule has 18 heavy (non-hydrogen) atoms. The van der Waals surface area contributed by atoms with E-state index in [0.29, 0.717) is 12.1 Å². The predicted molar refractivity (Wildman–Crippen MR) is 73.4 cm³/mol. The number of aromatic carboxylic acids is 1. The van der Waals surface area contributed by atoms with Gasteiger partial charge in [-0.3, -0.25) is 4.79 Å². The molecule has 1 aromatic rings. The van der Waals surface area contributed by atoms with Crippen LogP contribution in [0.4, 0.5) is 0 Å². The van der Waals surface area contributed by atoms with E-state index in [4.69, 9.17) is 5.11 Å². The fourth-order valence-electron chi connectivity index (χ4n) is 1.52. The van der Waals surface area contributed by atoms with Crippen LogP contribution in [0.5, 0.6) is 0 Å². The number of carbonyl (C=O) groups excluding carboxylic acids is 1. The molecule has 0 aliphatic carbocycles. The predicted octanol–water partition coefficient (Wildman–Crippen LogP) is 2.21. The standard InChI is InChI=1S/C13H17NO3S/c1-14(8-3-9-18-2)12(15)10-4-6-11(7-5-10)13(16)17/h4-7H,3,8-9H2,1-2H3,(H,16,17). The van der Waals surface area contributed by atoms with Gasteiger partial charge in [0.15, 0.2) is 0 Å². The summed E-state index contributed by atoms with van der Waals surface area (Å²) in [7, 11) is 1.76. The Morgan fingerprint density at radius 3 is 2.28 bits per heavy atom. The molecule has 0 heterocycles. The van der Waals surface area contributed by atoms with Crippen molar-refractivity contribution in [2.75, 3.05) is 25.6 Å². The minimum absolute atomic E-state index is 0.0759. The van der Waals surface area contributed by atoms with E-state index in [1.807, 2.05) is 6.26 Å². The van der Waals surface area contributed by atoms with E-state index in [-0.39, 0.29) is 11.5 Å². The molecule has 0 saturated carbocycles. The number of thioether (sulfide) groups is 1. The topological polar surface area (TPSA) is 57.6 Å². The molecule has 5 heteroatoms. The normalized spacial score (nSPS) is 10.1. The number of carboxylic acid groups (broad SMARTS) is 1. The highest BCUT2D eigenvalue weighted by Gasteiger charge is 2.11. The van der Waals surface area contributed by atoms with Crippen LogP contribution < -0.4 is 0 Å². The number of hydrogen-bond donors (Lipinski definition) is 1. The maximum atomic E-state index is 12.0. The third-order valence-corrected chi connectivity index (χ3v) is 3.26. The Bertz CT molecular complexity index is 417. The summed E-state index contributed by atoms with van der Waals surface area (Å²) < 4.78 is 0. The third-order valence-electron chi connectivity index (χ3n) is 2.57. The minimum atomic E-state index is -0.984. The molecule has 0 unspecified atom stereocenters. The van der Waals surface area contributed by atoms with Gasteiger partial charge >= 0.3 is 5.97 Å². The van der Waals surface area contributed by atoms with Crippen LogP contribution in [0.1, 0.15) is 27.1 Å². The highest BCUT2D eigenvalue weighted by atomic mass is 32.2. The zero-order valence-electron chi connectivity index (χ0n) is 10.5. The van der Waals surface area contributed by atoms with Gasteiger partial charge in [0, 0.05) is 19.2 Å². The lowest BCUT2D eigenvalue weighted by atomic mass is 10.1. The van der Waals surface area contributed by atoms with Crippen LogP contribution in [0.25, 0.3) is 0 Å². The zero-order valence-corrected chi connectivity index (χ0v) is 11.4. The molecule has 1 amide bonds. The van der Waals surface area contributed by atoms with Crippen molar-refractivity contribution in [2.24, 2.45) is 0 Å². The summed E-state index contributed by atoms with van der Waals surface area (Å²) in [5, 5.41) is 8.77. The summed E-state index contributed by atoms with van der Waals surface area (Å²) in [6.07, 6.45) is 2.99. The molecule has 1 N–H and O–H groups in total. The van der Waals surface area contributed by atoms with Crippen molar-refractivity contribution in [1.29, 1.82) is 0 Å². The maximum absolute atomic E-state index is 12.0. The number of amides is 1. The van der Waals surface area contributed by atoms with E-state index >= 15 is 0 Å². The summed E-state index contributed by atoms with van der Waals surface area (Å²) in [5.41, 5.74) is 0.711. The first-order valence-electron chi connectivity index (χ1n) is 5.64. The van der Waals surface area contributed by atoms with E-state index in [1.54, 1.807) is 35.8 Å². The highest BCUT2D eigenvalue weighted by Crippen LogP contribution is 2.08. The molecule has 0 fully saturated rings. The van der Waals surface area contributed by atoms with Crippen LogP contribution in [0.3, 0.4) is 0 Å². The molecule has 0 aliphatic heterocycles. The molecule has 1 aromatic carbocycles. The van der Waals surface area contributed by atoms with E-state index in [0.717, 1.165) is 12.2 Å². The first-order valence-corrected chi connectivity index (χ1v) is 7.03. The van der Waals surface area contributed by atoms with Crippen molar-refractivity contribution < 1.29 is 14.7 Å². The Hall–Kier alpha value is -1.49. The molecule has 4 nitrogen and oxygen atoms in total. The van der Waals surface area contributed by atoms with Crippen molar-refractivity contribution in [1.82, 2.24) is 4.90 Å². The van der Waals surface area contributed by atoms with Gasteiger partial charge < -0.3 is 10.0 Å². The van der Waals surface area contributed by atoms with Crippen molar-refractivity contribution in [3.63, 3.8) is 0 Å². The molecule has 0 spiro atoms. The SMILES string of the molecule is CSCCCN(C)C(=O)c1ccc(C(=O)O)cc1. The number of carboxylic acids is 1. The fraction of sp³-hybridized carbons (Fsp3) is 0.385. The first kappa shape index (κ1) is 14.6. The molecule has 1 rings (SSSR count). The highest BCUT2D eigenvalue weighted by molar-refractivity contribution is 7.98. The van der Waals surface area contributed by atoms with E-state index < -0.39 is 5.97 Å². The Balaban J connectivity index is 2.63. The van der Waals surface area contributed by atoms with E-state index in [2.05, 4.69) is 0 Å². The monoisotopic (exact) mass is 267 g/mol. The van der Waals surface area contributed by atoms with Crippen molar-refractivity contribution in [2.45, 2.75) is 6.42 Å². The Morgan fingerprint density at radius 1 is 1.22 bits per heavy atom. The third kappa shape index (κ3) is 4.07. The van der Waals surface area contributed by atoms with Gasteiger partial charge in [0.05, 0.1) is 5.56 Å². The van der Waals surface area contributed by atoms with Crippen molar-refractivity contribution in [3.8, 4) is 0 Å². The number of hydrogen-bond acceptors (Lipinski definition) is 3. The number of carbonyl (C=O) groups is 2. The lowest BCUT2D eigenvalue weighted by Gasteiger charge is -2.16. The second kappa shape index (κ2) is 7.06. The number of benzene rings is 1. The molecule has 0 bridgehead atoms. The quantitative estimate of drug-likeness (QED) is 0.803. The largest absolute Gasteiger partial charge is 0.478 e. The second-order valence-corrected chi connectivity index (χ2v) is 4.94. The van der Waals surface area contributed by atoms with Gasteiger partial charge in [0.2, 0.25) is 0 Å². The molecular formula is C13H17NO3S. The number of rotatable bonds is 6. The lowest BCUT2D eigenvalue weighted by molar-refractivity contribution is 0.0695. The van der Waals surface area contributed by atoms with Crippen LogP contribution >= 0.6 is 11.8 Å². The van der Waals surface area contributed by atoms with Crippen LogP contribution in [0.15, 0.2) is 24.3 Å². The molecule has 0 atom stereocenters. The van der Waals surface area contributed by atoms with Gasteiger partial charge in [0.1, 0.15) is 0 Å². The van der Waals surface area contributed by atoms with Crippen LogP contribution in [0.2, 0.25) is 0 Å². The van der Waals surface area contributed by atoms with Crippen LogP contribution in [0, 0.1) is 0 Å². The summed E-state index contributed by atoms with van der Waals surface area (Å²) >= 11 is 1.75. The molecule has 0 aromatic heterocycles. The summed E-state index contributed by atoms with van der Waals surface area (Å²) in [4.78, 5) is 24.3. The van der Waals surface area contributed by atoms with Crippen molar-refractivity contribution in [3.05, 3.63) is 35.4 Å². The maximum Gasteiger partial charge on any atom is 0.335 e. The van der Waals surface area contributed by atoms with E-state index in [1.165, 1.54) is 12.1 Å². The van der Waals surface area contributed by atoms with Gasteiger partial charge in [-0.15, -0.1) is 0 Å². The molecule has 0 saturated heterocycles. The van der Waals surface area contributed by atoms with Crippen molar-refractivity contribution >= 4 is 23.6 Å². The summed E-state index contributed by atoms with van der Waals surface area (Å²) in [6, 6.07) is 6.00. The minimum Gasteiger partial charge on any atom is -0.478 e. The summed E-state index contributed by atoms with van der Waals surface area (Å²) in [5.74, 6) is -0.0365. The lowest BCUT2D eigenvalue weighted by Crippen LogP contribution is -2.28. The van der Waals surface area contributed by atoms with Crippen LogP contribution in [-0.2, 0) is 0 Å². The first-order chi connectivity index (χ1) is 8.56. The Morgan fingerprint density at radius 2 is 1.78 bits per heavy atom. The van der Waals surface area contributed by atoms with Gasteiger partial charge in [-0.1, -0.05) is 0 Å². The van der Waals surface area contributed by atoms with Crippen LogP contribution in [-0.4, -0.2) is 47.5 Å². The van der Waals surface area contributed by atoms with Gasteiger partial charge in [0.25, 0.3) is 5.91 Å². The average Bonchev–Trinajstić information content (AvgIpc) is 2.38. The average molecular weight is 267 g/mol. The van der Waals surface area contributed by atoms with Gasteiger partial charge in [-0.2, -0.15) is 11.8 Å². The smallest absolute Gasteiger partial charge is 0.335 e. The zero-order chi connectivity index (χ0) is 13.5. The Labute approximate surface area is 111 Å². The number of nitrogens with zero attached hydrogens (tertiary/aromatic N) is 1. The molecule has 0 aliphatic rings. The van der Waals surface area contributed by atoms with Gasteiger partial charge in [-0.25, -0.2) is 4.79 Å².